The fourth-order valence-electron chi connectivity index (χ4n) is 15.7. The van der Waals surface area contributed by atoms with Gasteiger partial charge in [0, 0.05) is 147 Å². The van der Waals surface area contributed by atoms with E-state index in [1.807, 2.05) is 142 Å². The summed E-state index contributed by atoms with van der Waals surface area (Å²) in [7, 11) is 0. The van der Waals surface area contributed by atoms with Crippen molar-refractivity contribution in [2.24, 2.45) is 0 Å². The molecule has 0 aliphatic rings. The molecular weight excluding hydrogens is 1490 g/mol. The van der Waals surface area contributed by atoms with Gasteiger partial charge >= 0.3 is 0 Å². The second kappa shape index (κ2) is 30.4. The van der Waals surface area contributed by atoms with Gasteiger partial charge in [-0.2, -0.15) is 0 Å². The fourth-order valence-corrected chi connectivity index (χ4v) is 20.1. The van der Waals surface area contributed by atoms with Crippen LogP contribution >= 0.6 is 45.3 Å². The first-order valence-electron chi connectivity index (χ1n) is 38.4. The van der Waals surface area contributed by atoms with Gasteiger partial charge in [-0.15, -0.1) is 45.3 Å². The first-order valence-corrected chi connectivity index (χ1v) is 41.7. The zero-order valence-corrected chi connectivity index (χ0v) is 65.4. The van der Waals surface area contributed by atoms with Crippen LogP contribution in [0.1, 0.15) is 0 Å². The van der Waals surface area contributed by atoms with E-state index in [-0.39, 0.29) is 0 Å². The molecule has 8 nitrogen and oxygen atoms in total. The van der Waals surface area contributed by atoms with Gasteiger partial charge in [0.1, 0.15) is 0 Å². The van der Waals surface area contributed by atoms with E-state index in [1.165, 1.54) is 80.7 Å². The van der Waals surface area contributed by atoms with Crippen molar-refractivity contribution in [3.63, 3.8) is 0 Å². The minimum absolute atomic E-state index is 0.760. The van der Waals surface area contributed by atoms with Gasteiger partial charge in [-0.25, -0.2) is 39.9 Å². The smallest absolute Gasteiger partial charge is 0.160 e. The predicted molar refractivity (Wildman–Crippen MR) is 493 cm³/mol. The zero-order valence-electron chi connectivity index (χ0n) is 62.2. The van der Waals surface area contributed by atoms with Crippen molar-refractivity contribution in [2.45, 2.75) is 0 Å². The van der Waals surface area contributed by atoms with Gasteiger partial charge < -0.3 is 0 Å². The lowest BCUT2D eigenvalue weighted by Gasteiger charge is -2.11. The largest absolute Gasteiger partial charge is 0.228 e. The van der Waals surface area contributed by atoms with Crippen molar-refractivity contribution in [2.75, 3.05) is 0 Å². The Labute approximate surface area is 683 Å². The van der Waals surface area contributed by atoms with Crippen molar-refractivity contribution >= 4 is 170 Å². The van der Waals surface area contributed by atoms with Crippen molar-refractivity contribution in [3.05, 3.63) is 388 Å². The number of rotatable bonds is 8. The van der Waals surface area contributed by atoms with Crippen molar-refractivity contribution < 1.29 is 0 Å². The second-order valence-corrected chi connectivity index (χ2v) is 32.6. The lowest BCUT2D eigenvalue weighted by atomic mass is 10.0. The Morgan fingerprint density at radius 2 is 0.448 bits per heavy atom. The Bertz CT molecular complexity index is 7700. The van der Waals surface area contributed by atoms with E-state index >= 15 is 0 Å². The summed E-state index contributed by atoms with van der Waals surface area (Å²) in [6, 6.07) is 134. The maximum Gasteiger partial charge on any atom is 0.160 e. The summed E-state index contributed by atoms with van der Waals surface area (Å²) >= 11 is 7.29. The van der Waals surface area contributed by atoms with Gasteiger partial charge in [-0.1, -0.05) is 315 Å². The van der Waals surface area contributed by atoms with Crippen LogP contribution in [0.25, 0.3) is 215 Å². The van der Waals surface area contributed by atoms with E-state index in [0.717, 1.165) is 134 Å². The van der Waals surface area contributed by atoms with Crippen LogP contribution in [-0.2, 0) is 0 Å². The van der Waals surface area contributed by atoms with Crippen LogP contribution in [0.2, 0.25) is 0 Å². The molecule has 116 heavy (non-hydrogen) atoms. The van der Waals surface area contributed by atoms with Crippen LogP contribution in [-0.4, -0.2) is 39.9 Å². The minimum atomic E-state index is 0.760. The minimum Gasteiger partial charge on any atom is -0.228 e. The first kappa shape index (κ1) is 69.7. The molecule has 0 fully saturated rings. The molecule has 0 amide bonds. The van der Waals surface area contributed by atoms with Crippen molar-refractivity contribution in [3.8, 4) is 90.6 Å². The normalized spacial score (nSPS) is 11.4. The molecule has 0 N–H and O–H groups in total. The molecule has 0 aliphatic carbocycles. The summed E-state index contributed by atoms with van der Waals surface area (Å²) in [5.41, 5.74) is 16.4. The highest BCUT2D eigenvalue weighted by molar-refractivity contribution is 7.27. The first-order chi connectivity index (χ1) is 57.5. The Morgan fingerprint density at radius 3 is 0.905 bits per heavy atom. The molecule has 0 radical (unpaired) electrons. The molecule has 0 saturated heterocycles. The molecule has 8 heterocycles. The van der Waals surface area contributed by atoms with Crippen molar-refractivity contribution in [1.82, 2.24) is 39.9 Å². The second-order valence-electron chi connectivity index (χ2n) is 28.3. The number of thiophene rings is 4. The molecule has 24 rings (SSSR count). The molecule has 0 aliphatic heterocycles. The van der Waals surface area contributed by atoms with Crippen molar-refractivity contribution in [1.29, 1.82) is 0 Å². The SMILES string of the molecule is c1ccc(-c2nc(-c3ccccc3)c3c(ccc4sc5ccccc5c43)n2)cc1.c1ccc(-c2nc(-c3ccccc3)c3cc4c(cc3n2)sc2ccccc24)cc1.c1ccc(-c2nc(-c3ccccc3)c3cc4sc5ccccc5c4cc3n2)cc1.c1ccc(-c2nc(-c3ccccc3)c3ccc4sc5ccccc5c4c3n2)cc1. The predicted octanol–water partition coefficient (Wildman–Crippen LogP) is 29.3. The van der Waals surface area contributed by atoms with E-state index in [4.69, 9.17) is 39.9 Å². The standard InChI is InChI=1S/4C26H16N2S/c1-3-9-17(10-4-1)25-21-16-24-20(19-13-7-8-14-23(19)29-24)15-22(21)27-26(28-25)18-11-5-2-6-12-18;1-3-9-17(10-4-1)25-21-15-20-19-13-7-8-14-23(19)29-24(20)16-22(21)27-26(28-25)18-11-5-2-6-12-18;1-3-9-17(10-4-1)25-24-20(27-26(28-25)18-11-5-2-6-12-18)15-16-22-23(24)19-13-7-8-14-21(19)29-22;1-3-9-17(10-4-1)24-20-15-16-22-23(19-13-7-8-14-21(19)29-22)25(20)28-26(27-24)18-11-5-2-6-12-18/h4*1-16H. The average molecular weight is 1550 g/mol. The molecule has 16 aromatic carbocycles. The number of hydrogen-bond acceptors (Lipinski definition) is 12. The molecule has 24 aromatic rings. The van der Waals surface area contributed by atoms with Crippen LogP contribution in [0.4, 0.5) is 0 Å². The maximum absolute atomic E-state index is 5.08. The highest BCUT2D eigenvalue weighted by atomic mass is 32.1. The number of hydrogen-bond donors (Lipinski definition) is 0. The van der Waals surface area contributed by atoms with E-state index in [2.05, 4.69) is 291 Å². The molecule has 0 bridgehead atoms. The number of nitrogens with zero attached hydrogens (tertiary/aromatic N) is 8. The van der Waals surface area contributed by atoms with Crippen LogP contribution in [0, 0.1) is 0 Å². The third kappa shape index (κ3) is 13.2. The summed E-state index contributed by atoms with van der Waals surface area (Å²) < 4.78 is 10.2. The monoisotopic (exact) mass is 1550 g/mol. The summed E-state index contributed by atoms with van der Waals surface area (Å²) in [5, 5.41) is 14.5. The Morgan fingerprint density at radius 1 is 0.147 bits per heavy atom. The summed E-state index contributed by atoms with van der Waals surface area (Å²) in [6.07, 6.45) is 0. The summed E-state index contributed by atoms with van der Waals surface area (Å²) in [6.45, 7) is 0. The van der Waals surface area contributed by atoms with Gasteiger partial charge in [-0.3, -0.25) is 0 Å². The number of fused-ring (bicyclic) bond motifs is 18. The van der Waals surface area contributed by atoms with E-state index in [9.17, 15) is 0 Å². The molecule has 0 unspecified atom stereocenters. The molecule has 0 saturated carbocycles. The quantitative estimate of drug-likeness (QED) is 0.148. The molecular formula is C104H64N8S4. The summed E-state index contributed by atoms with van der Waals surface area (Å²) in [5.74, 6) is 3.05. The Kier molecular flexibility index (Phi) is 18.2. The Balaban J connectivity index is 0.0000000966. The lowest BCUT2D eigenvalue weighted by molar-refractivity contribution is 1.23. The highest BCUT2D eigenvalue weighted by Crippen LogP contribution is 2.46. The molecule has 12 heteroatoms. The zero-order chi connectivity index (χ0) is 76.8. The molecule has 8 aromatic heterocycles. The van der Waals surface area contributed by atoms with E-state index < -0.39 is 0 Å². The van der Waals surface area contributed by atoms with Gasteiger partial charge in [0.2, 0.25) is 0 Å². The van der Waals surface area contributed by atoms with Crippen LogP contribution in [0.15, 0.2) is 388 Å². The van der Waals surface area contributed by atoms with Crippen LogP contribution in [0.3, 0.4) is 0 Å². The van der Waals surface area contributed by atoms with Gasteiger partial charge in [0.25, 0.3) is 0 Å². The number of aromatic nitrogens is 8. The number of benzene rings is 16. The van der Waals surface area contributed by atoms with Gasteiger partial charge in [0.05, 0.1) is 44.8 Å². The summed E-state index contributed by atoms with van der Waals surface area (Å²) in [4.78, 5) is 40.0. The highest BCUT2D eigenvalue weighted by Gasteiger charge is 2.22. The van der Waals surface area contributed by atoms with Crippen LogP contribution < -0.4 is 0 Å². The van der Waals surface area contributed by atoms with Gasteiger partial charge in [-0.05, 0) is 72.8 Å². The van der Waals surface area contributed by atoms with Crippen LogP contribution in [0.5, 0.6) is 0 Å². The van der Waals surface area contributed by atoms with E-state index in [1.54, 1.807) is 0 Å². The molecule has 544 valence electrons. The topological polar surface area (TPSA) is 103 Å². The third-order valence-corrected chi connectivity index (χ3v) is 25.7. The third-order valence-electron chi connectivity index (χ3n) is 21.1. The Hall–Kier alpha value is -14.2. The fraction of sp³-hybridized carbons (Fsp3) is 0. The van der Waals surface area contributed by atoms with E-state index in [0.29, 0.717) is 0 Å². The molecule has 0 spiro atoms. The molecule has 0 atom stereocenters. The average Bonchev–Trinajstić information content (AvgIpc) is 1.57. The lowest BCUT2D eigenvalue weighted by Crippen LogP contribution is -1.95. The van der Waals surface area contributed by atoms with Gasteiger partial charge in [0.15, 0.2) is 23.3 Å². The maximum atomic E-state index is 5.08.